The lowest BCUT2D eigenvalue weighted by Gasteiger charge is -2.31. The van der Waals surface area contributed by atoms with Crippen molar-refractivity contribution in [2.45, 2.75) is 25.6 Å². The zero-order chi connectivity index (χ0) is 29.5. The fourth-order valence-electron chi connectivity index (χ4n) is 4.49. The van der Waals surface area contributed by atoms with Crippen molar-refractivity contribution in [3.63, 3.8) is 0 Å². The standard InChI is InChI=1S/C31H29ClN4O5S/c32-22-10-8-21(9-11-22)27-17-26(28(42-27)29(37)41-25-7-4-16-36(18-25)30(33)38)35-31(39)34-23-12-14-24(15-13-23)40-19-20-5-2-1-3-6-20/h1-3,5-6,8-15,17,25H,4,7,16,18-19H2,(H2,33,38)(H2,34,35,39). The van der Waals surface area contributed by atoms with Crippen LogP contribution in [0.15, 0.2) is 84.9 Å². The zero-order valence-electron chi connectivity index (χ0n) is 22.5. The van der Waals surface area contributed by atoms with Gasteiger partial charge in [0.25, 0.3) is 0 Å². The summed E-state index contributed by atoms with van der Waals surface area (Å²) in [6.07, 6.45) is 0.786. The van der Waals surface area contributed by atoms with Crippen molar-refractivity contribution in [1.82, 2.24) is 4.90 Å². The van der Waals surface area contributed by atoms with E-state index in [9.17, 15) is 14.4 Å². The van der Waals surface area contributed by atoms with Crippen molar-refractivity contribution in [1.29, 1.82) is 0 Å². The van der Waals surface area contributed by atoms with Gasteiger partial charge in [0.15, 0.2) is 0 Å². The summed E-state index contributed by atoms with van der Waals surface area (Å²) in [7, 11) is 0. The molecule has 1 aliphatic rings. The van der Waals surface area contributed by atoms with E-state index in [1.807, 2.05) is 42.5 Å². The van der Waals surface area contributed by atoms with Crippen LogP contribution in [0.1, 0.15) is 28.1 Å². The first-order valence-electron chi connectivity index (χ1n) is 13.3. The summed E-state index contributed by atoms with van der Waals surface area (Å²) < 4.78 is 11.6. The fourth-order valence-corrected chi connectivity index (χ4v) is 5.62. The molecular formula is C31H29ClN4O5S. The van der Waals surface area contributed by atoms with E-state index in [0.717, 1.165) is 16.0 Å². The highest BCUT2D eigenvalue weighted by atomic mass is 35.5. The third-order valence-electron chi connectivity index (χ3n) is 6.62. The lowest BCUT2D eigenvalue weighted by Crippen LogP contribution is -2.46. The van der Waals surface area contributed by atoms with Crippen LogP contribution >= 0.6 is 22.9 Å². The van der Waals surface area contributed by atoms with Crippen LogP contribution in [-0.2, 0) is 11.3 Å². The van der Waals surface area contributed by atoms with E-state index in [-0.39, 0.29) is 11.4 Å². The molecule has 0 spiro atoms. The number of carbonyl (C=O) groups is 3. The van der Waals surface area contributed by atoms with Crippen LogP contribution < -0.4 is 21.1 Å². The largest absolute Gasteiger partial charge is 0.489 e. The van der Waals surface area contributed by atoms with Crippen molar-refractivity contribution in [3.8, 4) is 16.2 Å². The molecule has 11 heteroatoms. The smallest absolute Gasteiger partial charge is 0.350 e. The first-order valence-corrected chi connectivity index (χ1v) is 14.5. The molecule has 4 amide bonds. The summed E-state index contributed by atoms with van der Waals surface area (Å²) in [6.45, 7) is 1.18. The van der Waals surface area contributed by atoms with E-state index >= 15 is 0 Å². The number of amides is 4. The van der Waals surface area contributed by atoms with E-state index in [2.05, 4.69) is 10.6 Å². The number of urea groups is 2. The Bertz CT molecular complexity index is 1540. The summed E-state index contributed by atoms with van der Waals surface area (Å²) >= 11 is 7.24. The van der Waals surface area contributed by atoms with Gasteiger partial charge >= 0.3 is 18.0 Å². The molecule has 0 radical (unpaired) electrons. The quantitative estimate of drug-likeness (QED) is 0.187. The van der Waals surface area contributed by atoms with E-state index in [0.29, 0.717) is 48.1 Å². The second kappa shape index (κ2) is 13.4. The van der Waals surface area contributed by atoms with E-state index in [1.165, 1.54) is 16.2 Å². The number of piperidine rings is 1. The number of thiophene rings is 1. The number of benzene rings is 3. The third-order valence-corrected chi connectivity index (χ3v) is 8.03. The average Bonchev–Trinajstić information content (AvgIpc) is 3.41. The van der Waals surface area contributed by atoms with Crippen LogP contribution in [0.25, 0.3) is 10.4 Å². The van der Waals surface area contributed by atoms with Gasteiger partial charge in [-0.1, -0.05) is 54.1 Å². The Morgan fingerprint density at radius 1 is 0.976 bits per heavy atom. The topological polar surface area (TPSA) is 123 Å². The van der Waals surface area contributed by atoms with E-state index < -0.39 is 24.1 Å². The number of anilines is 2. The van der Waals surface area contributed by atoms with Gasteiger partial charge in [-0.15, -0.1) is 11.3 Å². The van der Waals surface area contributed by atoms with Crippen molar-refractivity contribution in [3.05, 3.63) is 100 Å². The molecule has 4 N–H and O–H groups in total. The molecule has 216 valence electrons. The van der Waals surface area contributed by atoms with Crippen LogP contribution in [0.2, 0.25) is 5.02 Å². The number of rotatable bonds is 8. The van der Waals surface area contributed by atoms with Gasteiger partial charge in [0, 0.05) is 22.1 Å². The van der Waals surface area contributed by atoms with Gasteiger partial charge in [0.2, 0.25) is 0 Å². The number of nitrogens with two attached hydrogens (primary N) is 1. The molecule has 5 rings (SSSR count). The summed E-state index contributed by atoms with van der Waals surface area (Å²) in [5.41, 5.74) is 8.15. The summed E-state index contributed by atoms with van der Waals surface area (Å²) in [4.78, 5) is 40.3. The molecule has 1 fully saturated rings. The lowest BCUT2D eigenvalue weighted by atomic mass is 10.1. The molecule has 0 bridgehead atoms. The fraction of sp³-hybridized carbons (Fsp3) is 0.194. The molecule has 4 aromatic rings. The van der Waals surface area contributed by atoms with E-state index in [1.54, 1.807) is 42.5 Å². The van der Waals surface area contributed by atoms with Crippen LogP contribution in [0.5, 0.6) is 5.75 Å². The van der Waals surface area contributed by atoms with E-state index in [4.69, 9.17) is 26.8 Å². The first-order chi connectivity index (χ1) is 20.3. The average molecular weight is 605 g/mol. The highest BCUT2D eigenvalue weighted by molar-refractivity contribution is 7.18. The Kier molecular flexibility index (Phi) is 9.25. The SMILES string of the molecule is NC(=O)N1CCCC(OC(=O)c2sc(-c3ccc(Cl)cc3)cc2NC(=O)Nc2ccc(OCc3ccccc3)cc2)C1. The molecule has 0 saturated carbocycles. The number of halogens is 1. The Morgan fingerprint density at radius 3 is 2.43 bits per heavy atom. The second-order valence-corrected chi connectivity index (χ2v) is 11.2. The lowest BCUT2D eigenvalue weighted by molar-refractivity contribution is 0.0134. The number of primary amides is 1. The summed E-state index contributed by atoms with van der Waals surface area (Å²) in [5.74, 6) is 0.0737. The van der Waals surface area contributed by atoms with Gasteiger partial charge in [0.1, 0.15) is 23.3 Å². The molecule has 0 aliphatic carbocycles. The number of nitrogens with zero attached hydrogens (tertiary/aromatic N) is 1. The predicted octanol–water partition coefficient (Wildman–Crippen LogP) is 6.99. The van der Waals surface area contributed by atoms with Crippen molar-refractivity contribution < 1.29 is 23.9 Å². The van der Waals surface area contributed by atoms with Gasteiger partial charge in [-0.2, -0.15) is 0 Å². The van der Waals surface area contributed by atoms with Gasteiger partial charge < -0.3 is 30.7 Å². The maximum absolute atomic E-state index is 13.3. The predicted molar refractivity (Wildman–Crippen MR) is 164 cm³/mol. The maximum Gasteiger partial charge on any atom is 0.350 e. The minimum atomic E-state index is -0.591. The molecule has 9 nitrogen and oxygen atoms in total. The van der Waals surface area contributed by atoms with Crippen molar-refractivity contribution in [2.24, 2.45) is 5.73 Å². The number of hydrogen-bond donors (Lipinski definition) is 3. The van der Waals surface area contributed by atoms with Crippen LogP contribution in [-0.4, -0.2) is 42.1 Å². The number of nitrogens with one attached hydrogen (secondary N) is 2. The number of carbonyl (C=O) groups excluding carboxylic acids is 3. The van der Waals surface area contributed by atoms with Crippen LogP contribution in [0.3, 0.4) is 0 Å². The first kappa shape index (κ1) is 29.0. The highest BCUT2D eigenvalue weighted by Crippen LogP contribution is 2.36. The minimum absolute atomic E-state index is 0.227. The molecule has 1 atom stereocenters. The second-order valence-electron chi connectivity index (χ2n) is 9.69. The van der Waals surface area contributed by atoms with Crippen molar-refractivity contribution in [2.75, 3.05) is 23.7 Å². The molecular weight excluding hydrogens is 576 g/mol. The molecule has 1 saturated heterocycles. The molecule has 2 heterocycles. The number of esters is 1. The summed E-state index contributed by atoms with van der Waals surface area (Å²) in [5, 5.41) is 6.15. The summed E-state index contributed by atoms with van der Waals surface area (Å²) in [6, 6.07) is 24.6. The Labute approximate surface area is 252 Å². The minimum Gasteiger partial charge on any atom is -0.489 e. The number of hydrogen-bond acceptors (Lipinski definition) is 6. The Hall–Kier alpha value is -4.54. The Morgan fingerprint density at radius 2 is 1.71 bits per heavy atom. The molecule has 3 aromatic carbocycles. The highest BCUT2D eigenvalue weighted by Gasteiger charge is 2.28. The number of ether oxygens (including phenoxy) is 2. The molecule has 1 aliphatic heterocycles. The number of likely N-dealkylation sites (tertiary alicyclic amines) is 1. The van der Waals surface area contributed by atoms with Gasteiger partial charge in [0.05, 0.1) is 12.2 Å². The normalized spacial score (nSPS) is 14.6. The molecule has 1 unspecified atom stereocenters. The molecule has 42 heavy (non-hydrogen) atoms. The van der Waals surface area contributed by atoms with Crippen LogP contribution in [0, 0.1) is 0 Å². The third kappa shape index (κ3) is 7.59. The maximum atomic E-state index is 13.3. The van der Waals surface area contributed by atoms with Gasteiger partial charge in [-0.3, -0.25) is 0 Å². The van der Waals surface area contributed by atoms with Gasteiger partial charge in [-0.05, 0) is 66.4 Å². The van der Waals surface area contributed by atoms with Crippen LogP contribution in [0.4, 0.5) is 21.0 Å². The Balaban J connectivity index is 1.27. The molecule has 1 aromatic heterocycles. The monoisotopic (exact) mass is 604 g/mol. The van der Waals surface area contributed by atoms with Crippen molar-refractivity contribution >= 4 is 52.3 Å². The van der Waals surface area contributed by atoms with Gasteiger partial charge in [-0.25, -0.2) is 14.4 Å². The zero-order valence-corrected chi connectivity index (χ0v) is 24.1.